The van der Waals surface area contributed by atoms with Gasteiger partial charge in [0.15, 0.2) is 11.2 Å². The quantitative estimate of drug-likeness (QED) is 0.863. The Hall–Kier alpha value is -1.89. The number of rotatable bonds is 5. The van der Waals surface area contributed by atoms with Crippen molar-refractivity contribution in [2.24, 2.45) is 12.8 Å². The maximum absolute atomic E-state index is 12.5. The van der Waals surface area contributed by atoms with E-state index < -0.39 is 0 Å². The molecule has 2 aromatic rings. The molecule has 0 fully saturated rings. The van der Waals surface area contributed by atoms with Crippen molar-refractivity contribution in [1.82, 2.24) is 18.7 Å². The zero-order chi connectivity index (χ0) is 15.7. The van der Waals surface area contributed by atoms with E-state index in [1.807, 2.05) is 25.3 Å². The Bertz CT molecular complexity index is 768. The summed E-state index contributed by atoms with van der Waals surface area (Å²) in [4.78, 5) is 29.4. The molecule has 0 aliphatic carbocycles. The van der Waals surface area contributed by atoms with Crippen LogP contribution in [0.4, 0.5) is 0 Å². The van der Waals surface area contributed by atoms with Crippen molar-refractivity contribution in [2.45, 2.75) is 46.2 Å². The van der Waals surface area contributed by atoms with Gasteiger partial charge in [-0.15, -0.1) is 0 Å². The maximum atomic E-state index is 12.5. The molecular weight excluding hydrogens is 270 g/mol. The number of nitrogens with two attached hydrogens (primary N) is 1. The van der Waals surface area contributed by atoms with E-state index in [4.69, 9.17) is 5.73 Å². The normalized spacial score (nSPS) is 13.0. The molecule has 0 aliphatic rings. The lowest BCUT2D eigenvalue weighted by Crippen LogP contribution is -2.39. The van der Waals surface area contributed by atoms with Gasteiger partial charge in [0.25, 0.3) is 5.56 Å². The summed E-state index contributed by atoms with van der Waals surface area (Å²) in [6.07, 6.45) is 1.37. The highest BCUT2D eigenvalue weighted by Gasteiger charge is 2.21. The molecule has 0 radical (unpaired) electrons. The van der Waals surface area contributed by atoms with Gasteiger partial charge in [0.1, 0.15) is 5.82 Å². The molecule has 7 heteroatoms. The van der Waals surface area contributed by atoms with Gasteiger partial charge in [-0.3, -0.25) is 13.9 Å². The third-order valence-corrected chi connectivity index (χ3v) is 3.97. The lowest BCUT2D eigenvalue weighted by atomic mass is 10.2. The molecule has 0 saturated carbocycles. The minimum atomic E-state index is -0.318. The molecular formula is C14H23N5O2. The third kappa shape index (κ3) is 2.31. The fourth-order valence-corrected chi connectivity index (χ4v) is 2.60. The fraction of sp³-hybridized carbons (Fsp3) is 0.643. The first-order valence-electron chi connectivity index (χ1n) is 7.38. The van der Waals surface area contributed by atoms with Crippen molar-refractivity contribution in [3.05, 3.63) is 26.7 Å². The summed E-state index contributed by atoms with van der Waals surface area (Å²) in [5, 5.41) is 0. The Morgan fingerprint density at radius 1 is 1.29 bits per heavy atom. The predicted molar refractivity (Wildman–Crippen MR) is 82.7 cm³/mol. The molecule has 0 saturated heterocycles. The fourth-order valence-electron chi connectivity index (χ4n) is 2.60. The highest BCUT2D eigenvalue weighted by molar-refractivity contribution is 5.71. The second kappa shape index (κ2) is 5.85. The van der Waals surface area contributed by atoms with Crippen LogP contribution in [-0.4, -0.2) is 25.2 Å². The van der Waals surface area contributed by atoms with E-state index >= 15 is 0 Å². The molecule has 0 bridgehead atoms. The van der Waals surface area contributed by atoms with Crippen molar-refractivity contribution in [1.29, 1.82) is 0 Å². The number of nitrogens with zero attached hydrogens (tertiary/aromatic N) is 4. The minimum Gasteiger partial charge on any atom is -0.330 e. The van der Waals surface area contributed by atoms with Crippen LogP contribution in [0.25, 0.3) is 11.2 Å². The maximum Gasteiger partial charge on any atom is 0.332 e. The monoisotopic (exact) mass is 293 g/mol. The molecule has 1 atom stereocenters. The third-order valence-electron chi connectivity index (χ3n) is 3.97. The molecule has 1 unspecified atom stereocenters. The lowest BCUT2D eigenvalue weighted by molar-refractivity contribution is 0.499. The molecule has 0 aliphatic heterocycles. The summed E-state index contributed by atoms with van der Waals surface area (Å²) in [6, 6.07) is -0.0160. The summed E-state index contributed by atoms with van der Waals surface area (Å²) in [5.74, 6) is 0.759. The van der Waals surface area contributed by atoms with E-state index in [1.54, 1.807) is 4.57 Å². The highest BCUT2D eigenvalue weighted by atomic mass is 16.2. The van der Waals surface area contributed by atoms with Crippen molar-refractivity contribution in [3.8, 4) is 0 Å². The Labute approximate surface area is 123 Å². The van der Waals surface area contributed by atoms with Crippen molar-refractivity contribution >= 4 is 11.2 Å². The zero-order valence-electron chi connectivity index (χ0n) is 13.1. The average Bonchev–Trinajstić information content (AvgIpc) is 2.83. The molecule has 2 rings (SSSR count). The van der Waals surface area contributed by atoms with Crippen LogP contribution in [0.3, 0.4) is 0 Å². The first-order chi connectivity index (χ1) is 9.97. The first kappa shape index (κ1) is 15.5. The van der Waals surface area contributed by atoms with Gasteiger partial charge in [0.2, 0.25) is 0 Å². The van der Waals surface area contributed by atoms with Crippen molar-refractivity contribution < 1.29 is 0 Å². The Kier molecular flexibility index (Phi) is 4.32. The van der Waals surface area contributed by atoms with Crippen LogP contribution >= 0.6 is 0 Å². The van der Waals surface area contributed by atoms with E-state index in [9.17, 15) is 9.59 Å². The van der Waals surface area contributed by atoms with Crippen molar-refractivity contribution in [3.63, 3.8) is 0 Å². The molecule has 0 spiro atoms. The van der Waals surface area contributed by atoms with Crippen LogP contribution in [0.1, 0.15) is 39.1 Å². The Morgan fingerprint density at radius 3 is 2.48 bits per heavy atom. The molecule has 2 N–H and O–H groups in total. The van der Waals surface area contributed by atoms with Crippen LogP contribution in [0, 0.1) is 0 Å². The second-order valence-electron chi connectivity index (χ2n) is 5.26. The van der Waals surface area contributed by atoms with Gasteiger partial charge in [-0.05, 0) is 26.8 Å². The second-order valence-corrected chi connectivity index (χ2v) is 5.26. The van der Waals surface area contributed by atoms with E-state index in [0.29, 0.717) is 30.7 Å². The van der Waals surface area contributed by atoms with Gasteiger partial charge >= 0.3 is 5.69 Å². The van der Waals surface area contributed by atoms with E-state index in [1.165, 1.54) is 7.05 Å². The van der Waals surface area contributed by atoms with Crippen LogP contribution in [-0.2, 0) is 20.0 Å². The smallest absolute Gasteiger partial charge is 0.330 e. The molecule has 7 nitrogen and oxygen atoms in total. The largest absolute Gasteiger partial charge is 0.332 e. The van der Waals surface area contributed by atoms with Gasteiger partial charge in [-0.25, -0.2) is 9.78 Å². The molecule has 0 amide bonds. The Balaban J connectivity index is 2.98. The highest BCUT2D eigenvalue weighted by Crippen LogP contribution is 2.17. The molecule has 116 valence electrons. The summed E-state index contributed by atoms with van der Waals surface area (Å²) >= 11 is 0. The lowest BCUT2D eigenvalue weighted by Gasteiger charge is -2.14. The van der Waals surface area contributed by atoms with Crippen LogP contribution in [0.2, 0.25) is 0 Å². The average molecular weight is 293 g/mol. The number of hydrogen-bond donors (Lipinski definition) is 1. The summed E-state index contributed by atoms with van der Waals surface area (Å²) < 4.78 is 4.64. The van der Waals surface area contributed by atoms with Gasteiger partial charge in [-0.2, -0.15) is 0 Å². The van der Waals surface area contributed by atoms with Crippen LogP contribution in [0.15, 0.2) is 9.59 Å². The number of imidazole rings is 1. The van der Waals surface area contributed by atoms with Crippen molar-refractivity contribution in [2.75, 3.05) is 6.54 Å². The summed E-state index contributed by atoms with van der Waals surface area (Å²) in [7, 11) is 1.51. The number of hydrogen-bond acceptors (Lipinski definition) is 4. The van der Waals surface area contributed by atoms with E-state index in [-0.39, 0.29) is 17.3 Å². The number of aromatic nitrogens is 4. The Morgan fingerprint density at radius 2 is 1.95 bits per heavy atom. The number of fused-ring (bicyclic) bond motifs is 1. The van der Waals surface area contributed by atoms with Gasteiger partial charge in [-0.1, -0.05) is 6.92 Å². The molecule has 21 heavy (non-hydrogen) atoms. The molecule has 2 heterocycles. The predicted octanol–water partition coefficient (Wildman–Crippen LogP) is 0.389. The summed E-state index contributed by atoms with van der Waals surface area (Å²) in [5.41, 5.74) is 5.97. The van der Waals surface area contributed by atoms with Crippen LogP contribution < -0.4 is 17.0 Å². The first-order valence-corrected chi connectivity index (χ1v) is 7.38. The molecule has 0 aromatic carbocycles. The topological polar surface area (TPSA) is 87.8 Å². The van der Waals surface area contributed by atoms with Crippen LogP contribution in [0.5, 0.6) is 0 Å². The zero-order valence-corrected chi connectivity index (χ0v) is 13.1. The van der Waals surface area contributed by atoms with Gasteiger partial charge in [0.05, 0.1) is 0 Å². The summed E-state index contributed by atoms with van der Waals surface area (Å²) in [6.45, 7) is 7.00. The number of aryl methyl sites for hydroxylation is 1. The SMILES string of the molecule is CCC(C)n1c(=O)n(C)c(=O)c2c1nc(CCN)n2CC. The van der Waals surface area contributed by atoms with E-state index in [0.717, 1.165) is 16.8 Å². The standard InChI is InChI=1S/C14H23N5O2/c1-5-9(3)19-12-11(13(20)17(4)14(19)21)18(6-2)10(16-12)7-8-15/h9H,5-8,15H2,1-4H3. The van der Waals surface area contributed by atoms with Gasteiger partial charge in [0, 0.05) is 26.1 Å². The molecule has 2 aromatic heterocycles. The van der Waals surface area contributed by atoms with Gasteiger partial charge < -0.3 is 10.3 Å². The minimum absolute atomic E-state index is 0.0160. The van der Waals surface area contributed by atoms with E-state index in [2.05, 4.69) is 4.98 Å².